The van der Waals surface area contributed by atoms with Gasteiger partial charge in [0.25, 0.3) is 5.91 Å². The highest BCUT2D eigenvalue weighted by Gasteiger charge is 2.17. The Bertz CT molecular complexity index is 612. The van der Waals surface area contributed by atoms with Gasteiger partial charge in [-0.3, -0.25) is 20.2 Å². The van der Waals surface area contributed by atoms with Crippen LogP contribution in [-0.4, -0.2) is 20.8 Å². The van der Waals surface area contributed by atoms with Gasteiger partial charge in [0.05, 0.1) is 6.07 Å². The van der Waals surface area contributed by atoms with E-state index in [1.54, 1.807) is 0 Å². The zero-order valence-electron chi connectivity index (χ0n) is 8.66. The van der Waals surface area contributed by atoms with Crippen molar-refractivity contribution in [3.8, 4) is 0 Å². The number of amides is 1. The van der Waals surface area contributed by atoms with E-state index in [4.69, 9.17) is 16.0 Å². The van der Waals surface area contributed by atoms with Gasteiger partial charge in [-0.1, -0.05) is 11.6 Å². The SMILES string of the molecule is O=C(Nc1nccc(Cl)n1)c1ccc([N+](=O)[O-])o1. The second kappa shape index (κ2) is 4.80. The summed E-state index contributed by atoms with van der Waals surface area (Å²) in [6.07, 6.45) is 1.36. The molecule has 0 fully saturated rings. The largest absolute Gasteiger partial charge is 0.433 e. The van der Waals surface area contributed by atoms with Crippen LogP contribution >= 0.6 is 11.6 Å². The molecule has 0 radical (unpaired) electrons. The quantitative estimate of drug-likeness (QED) is 0.517. The van der Waals surface area contributed by atoms with Crippen LogP contribution in [0.5, 0.6) is 0 Å². The molecular weight excluding hydrogens is 264 g/mol. The number of nitrogens with zero attached hydrogens (tertiary/aromatic N) is 3. The fraction of sp³-hybridized carbons (Fsp3) is 0. The number of nitrogens with one attached hydrogen (secondary N) is 1. The fourth-order valence-electron chi connectivity index (χ4n) is 1.11. The Morgan fingerprint density at radius 3 is 2.83 bits per heavy atom. The zero-order valence-corrected chi connectivity index (χ0v) is 9.42. The van der Waals surface area contributed by atoms with Crippen LogP contribution < -0.4 is 5.32 Å². The van der Waals surface area contributed by atoms with E-state index in [0.29, 0.717) is 0 Å². The topological polar surface area (TPSA) is 111 Å². The van der Waals surface area contributed by atoms with Crippen molar-refractivity contribution < 1.29 is 14.1 Å². The molecule has 1 N–H and O–H groups in total. The van der Waals surface area contributed by atoms with Crippen molar-refractivity contribution in [2.75, 3.05) is 5.32 Å². The third kappa shape index (κ3) is 2.61. The van der Waals surface area contributed by atoms with Crippen LogP contribution in [0.2, 0.25) is 5.15 Å². The van der Waals surface area contributed by atoms with Crippen LogP contribution in [0.3, 0.4) is 0 Å². The molecule has 0 aliphatic rings. The van der Waals surface area contributed by atoms with Gasteiger partial charge in [-0.15, -0.1) is 0 Å². The van der Waals surface area contributed by atoms with E-state index in [9.17, 15) is 14.9 Å². The van der Waals surface area contributed by atoms with Gasteiger partial charge >= 0.3 is 5.88 Å². The monoisotopic (exact) mass is 268 g/mol. The lowest BCUT2D eigenvalue weighted by atomic mass is 10.4. The lowest BCUT2D eigenvalue weighted by Gasteiger charge is -2.00. The maximum absolute atomic E-state index is 11.6. The van der Waals surface area contributed by atoms with E-state index in [1.807, 2.05) is 0 Å². The Labute approximate surface area is 105 Å². The summed E-state index contributed by atoms with van der Waals surface area (Å²) in [7, 11) is 0. The summed E-state index contributed by atoms with van der Waals surface area (Å²) >= 11 is 5.60. The molecule has 92 valence electrons. The van der Waals surface area contributed by atoms with Crippen LogP contribution in [0.15, 0.2) is 28.8 Å². The number of hydrogen-bond acceptors (Lipinski definition) is 6. The van der Waals surface area contributed by atoms with E-state index in [2.05, 4.69) is 15.3 Å². The molecular formula is C9H5ClN4O4. The van der Waals surface area contributed by atoms with Crippen molar-refractivity contribution in [2.24, 2.45) is 0 Å². The van der Waals surface area contributed by atoms with Crippen molar-refractivity contribution in [3.05, 3.63) is 45.4 Å². The highest BCUT2D eigenvalue weighted by atomic mass is 35.5. The first-order chi connectivity index (χ1) is 8.56. The number of furan rings is 1. The summed E-state index contributed by atoms with van der Waals surface area (Å²) in [5.74, 6) is -1.46. The first-order valence-electron chi connectivity index (χ1n) is 4.60. The lowest BCUT2D eigenvalue weighted by molar-refractivity contribution is -0.402. The summed E-state index contributed by atoms with van der Waals surface area (Å²) in [5, 5.41) is 12.8. The van der Waals surface area contributed by atoms with Gasteiger partial charge in [0.15, 0.2) is 5.76 Å². The maximum atomic E-state index is 11.6. The molecule has 0 aromatic carbocycles. The summed E-state index contributed by atoms with van der Waals surface area (Å²) in [6.45, 7) is 0. The minimum Gasteiger partial charge on any atom is -0.395 e. The molecule has 2 heterocycles. The molecule has 1 amide bonds. The first-order valence-corrected chi connectivity index (χ1v) is 4.98. The molecule has 0 unspecified atom stereocenters. The Hall–Kier alpha value is -2.48. The van der Waals surface area contributed by atoms with Gasteiger partial charge < -0.3 is 4.42 Å². The molecule has 2 aromatic rings. The molecule has 2 aromatic heterocycles. The minimum absolute atomic E-state index is 0.0217. The first kappa shape index (κ1) is 12.0. The average Bonchev–Trinajstić information content (AvgIpc) is 2.78. The van der Waals surface area contributed by atoms with Gasteiger partial charge in [0, 0.05) is 6.20 Å². The second-order valence-corrected chi connectivity index (χ2v) is 3.44. The molecule has 18 heavy (non-hydrogen) atoms. The predicted octanol–water partition coefficient (Wildman–Crippen LogP) is 1.88. The molecule has 0 spiro atoms. The van der Waals surface area contributed by atoms with E-state index in [-0.39, 0.29) is 16.9 Å². The summed E-state index contributed by atoms with van der Waals surface area (Å²) in [6, 6.07) is 3.70. The lowest BCUT2D eigenvalue weighted by Crippen LogP contribution is -2.13. The van der Waals surface area contributed by atoms with Crippen LogP contribution in [0.25, 0.3) is 0 Å². The molecule has 0 saturated heterocycles. The number of hydrogen-bond donors (Lipinski definition) is 1. The summed E-state index contributed by atoms with van der Waals surface area (Å²) in [5.41, 5.74) is 0. The number of rotatable bonds is 3. The highest BCUT2D eigenvalue weighted by Crippen LogP contribution is 2.16. The number of aromatic nitrogens is 2. The third-order valence-corrected chi connectivity index (χ3v) is 2.05. The average molecular weight is 269 g/mol. The molecule has 8 nitrogen and oxygen atoms in total. The molecule has 0 aliphatic heterocycles. The number of carbonyl (C=O) groups is 1. The molecule has 0 saturated carbocycles. The Balaban J connectivity index is 2.14. The number of halogens is 1. The minimum atomic E-state index is -0.743. The van der Waals surface area contributed by atoms with Gasteiger partial charge in [-0.2, -0.15) is 0 Å². The Morgan fingerprint density at radius 1 is 1.44 bits per heavy atom. The summed E-state index contributed by atoms with van der Waals surface area (Å²) < 4.78 is 4.71. The van der Waals surface area contributed by atoms with Crippen molar-refractivity contribution in [2.45, 2.75) is 0 Å². The third-order valence-electron chi connectivity index (χ3n) is 1.84. The van der Waals surface area contributed by atoms with Crippen molar-refractivity contribution in [3.63, 3.8) is 0 Å². The molecule has 0 atom stereocenters. The summed E-state index contributed by atoms with van der Waals surface area (Å²) in [4.78, 5) is 28.7. The van der Waals surface area contributed by atoms with Gasteiger partial charge in [0.1, 0.15) is 10.1 Å². The van der Waals surface area contributed by atoms with Crippen molar-refractivity contribution in [1.82, 2.24) is 9.97 Å². The van der Waals surface area contributed by atoms with Crippen LogP contribution in [0.4, 0.5) is 11.8 Å². The maximum Gasteiger partial charge on any atom is 0.433 e. The molecule has 0 bridgehead atoms. The molecule has 0 aliphatic carbocycles. The molecule has 9 heteroatoms. The van der Waals surface area contributed by atoms with Gasteiger partial charge in [-0.05, 0) is 12.1 Å². The van der Waals surface area contributed by atoms with Crippen molar-refractivity contribution >= 4 is 29.3 Å². The Morgan fingerprint density at radius 2 is 2.22 bits per heavy atom. The second-order valence-electron chi connectivity index (χ2n) is 3.05. The number of nitro groups is 1. The standard InChI is InChI=1S/C9H5ClN4O4/c10-6-3-4-11-9(12-6)13-8(15)5-1-2-7(18-5)14(16)17/h1-4H,(H,11,12,13,15). The highest BCUT2D eigenvalue weighted by molar-refractivity contribution is 6.29. The van der Waals surface area contributed by atoms with Crippen molar-refractivity contribution in [1.29, 1.82) is 0 Å². The number of anilines is 1. The van der Waals surface area contributed by atoms with Gasteiger partial charge in [-0.25, -0.2) is 9.97 Å². The van der Waals surface area contributed by atoms with E-state index in [0.717, 1.165) is 6.07 Å². The normalized spacial score (nSPS) is 10.1. The molecule has 2 rings (SSSR count). The van der Waals surface area contributed by atoms with E-state index in [1.165, 1.54) is 18.3 Å². The number of carbonyl (C=O) groups excluding carboxylic acids is 1. The van der Waals surface area contributed by atoms with Crippen LogP contribution in [0.1, 0.15) is 10.6 Å². The van der Waals surface area contributed by atoms with Crippen LogP contribution in [-0.2, 0) is 0 Å². The predicted molar refractivity (Wildman–Crippen MR) is 60.4 cm³/mol. The smallest absolute Gasteiger partial charge is 0.395 e. The van der Waals surface area contributed by atoms with E-state index < -0.39 is 16.7 Å². The van der Waals surface area contributed by atoms with Gasteiger partial charge in [0.2, 0.25) is 5.95 Å². The fourth-order valence-corrected chi connectivity index (χ4v) is 1.24. The Kier molecular flexibility index (Phi) is 3.20. The zero-order chi connectivity index (χ0) is 13.1. The van der Waals surface area contributed by atoms with E-state index >= 15 is 0 Å². The van der Waals surface area contributed by atoms with Crippen LogP contribution in [0, 0.1) is 10.1 Å².